The molecule has 2 aromatic rings. The number of hydrogen-bond acceptors (Lipinski definition) is 4. The van der Waals surface area contributed by atoms with Crippen LogP contribution in [0.25, 0.3) is 11.0 Å². The highest BCUT2D eigenvalue weighted by atomic mass is 16.5. The predicted molar refractivity (Wildman–Crippen MR) is 86.9 cm³/mol. The molecule has 0 aromatic carbocycles. The molecule has 0 aliphatic heterocycles. The number of nitrogens with two attached hydrogens (primary N) is 1. The van der Waals surface area contributed by atoms with Crippen LogP contribution in [0.5, 0.6) is 0 Å². The molecule has 0 atom stereocenters. The van der Waals surface area contributed by atoms with Crippen molar-refractivity contribution in [2.75, 3.05) is 13.7 Å². The van der Waals surface area contributed by atoms with Crippen LogP contribution in [0.2, 0.25) is 0 Å². The van der Waals surface area contributed by atoms with Crippen molar-refractivity contribution >= 4 is 23.0 Å². The Morgan fingerprint density at radius 3 is 2.73 bits per heavy atom. The number of nitrogen functional groups attached to an aromatic ring is 1. The molecule has 2 rings (SSSR count). The van der Waals surface area contributed by atoms with Gasteiger partial charge in [-0.1, -0.05) is 13.8 Å². The fourth-order valence-electron chi connectivity index (χ4n) is 1.85. The van der Waals surface area contributed by atoms with Gasteiger partial charge in [-0.2, -0.15) is 0 Å². The van der Waals surface area contributed by atoms with Gasteiger partial charge in [0.25, 0.3) is 0 Å². The van der Waals surface area contributed by atoms with Crippen molar-refractivity contribution in [2.45, 2.75) is 27.3 Å². The fraction of sp³-hybridized carbons (Fsp3) is 0.400. The number of amidine groups is 1. The van der Waals surface area contributed by atoms with E-state index in [9.17, 15) is 4.79 Å². The minimum absolute atomic E-state index is 0.0710. The van der Waals surface area contributed by atoms with Crippen molar-refractivity contribution in [1.29, 1.82) is 5.41 Å². The molecule has 0 unspecified atom stereocenters. The molecule has 0 spiro atoms. The van der Waals surface area contributed by atoms with Gasteiger partial charge in [0.05, 0.1) is 24.2 Å². The van der Waals surface area contributed by atoms with Crippen molar-refractivity contribution < 1.29 is 9.53 Å². The van der Waals surface area contributed by atoms with Gasteiger partial charge in [-0.05, 0) is 25.1 Å². The average Bonchev–Trinajstić information content (AvgIpc) is 2.90. The van der Waals surface area contributed by atoms with E-state index in [4.69, 9.17) is 15.9 Å². The van der Waals surface area contributed by atoms with Crippen LogP contribution in [0, 0.1) is 5.41 Å². The topological polar surface area (TPSA) is 108 Å². The lowest BCUT2D eigenvalue weighted by atomic mass is 10.3. The van der Waals surface area contributed by atoms with Crippen LogP contribution in [0.1, 0.15) is 32.2 Å². The summed E-state index contributed by atoms with van der Waals surface area (Å²) in [7, 11) is 1.66. The molecular formula is C15H23N5O2. The highest BCUT2D eigenvalue weighted by molar-refractivity contribution is 5.95. The van der Waals surface area contributed by atoms with Crippen LogP contribution in [0.4, 0.5) is 4.79 Å². The number of carbonyl (C=O) groups excluding carboxylic acids is 1. The first-order chi connectivity index (χ1) is 10.5. The summed E-state index contributed by atoms with van der Waals surface area (Å²) in [4.78, 5) is 20.4. The Kier molecular flexibility index (Phi) is 6.37. The smallest absolute Gasteiger partial charge is 0.409 e. The highest BCUT2D eigenvalue weighted by Gasteiger charge is 2.12. The van der Waals surface area contributed by atoms with E-state index in [0.717, 1.165) is 11.2 Å². The van der Waals surface area contributed by atoms with Crippen molar-refractivity contribution in [3.8, 4) is 0 Å². The quantitative estimate of drug-likeness (QED) is 0.595. The second-order valence-corrected chi connectivity index (χ2v) is 4.39. The predicted octanol–water partition coefficient (Wildman–Crippen LogP) is 2.46. The molecule has 2 aromatic heterocycles. The number of carbonyl (C=O) groups is 1. The third-order valence-electron chi connectivity index (χ3n) is 2.79. The van der Waals surface area contributed by atoms with Gasteiger partial charge in [0, 0.05) is 12.7 Å². The van der Waals surface area contributed by atoms with Crippen LogP contribution >= 0.6 is 0 Å². The Hall–Kier alpha value is -2.57. The van der Waals surface area contributed by atoms with Crippen molar-refractivity contribution in [3.63, 3.8) is 0 Å². The number of amides is 1. The van der Waals surface area contributed by atoms with Crippen LogP contribution < -0.4 is 5.73 Å². The first-order valence-electron chi connectivity index (χ1n) is 7.22. The summed E-state index contributed by atoms with van der Waals surface area (Å²) in [5, 5.41) is 7.37. The SMILES string of the molecule is CC.CCOC(=O)N(C)Cc1cc2nc(C(=N)N)ccc2[nH]1. The summed E-state index contributed by atoms with van der Waals surface area (Å²) in [6.45, 7) is 6.51. The molecule has 2 heterocycles. The maximum Gasteiger partial charge on any atom is 0.409 e. The van der Waals surface area contributed by atoms with E-state index in [0.29, 0.717) is 24.4 Å². The van der Waals surface area contributed by atoms with Crippen LogP contribution in [0.3, 0.4) is 0 Å². The second-order valence-electron chi connectivity index (χ2n) is 4.39. The van der Waals surface area contributed by atoms with E-state index in [1.165, 1.54) is 4.90 Å². The van der Waals surface area contributed by atoms with E-state index >= 15 is 0 Å². The molecule has 0 bridgehead atoms. The maximum atomic E-state index is 11.5. The molecule has 120 valence electrons. The van der Waals surface area contributed by atoms with E-state index in [1.54, 1.807) is 20.0 Å². The number of nitrogens with zero attached hydrogens (tertiary/aromatic N) is 2. The van der Waals surface area contributed by atoms with Crippen molar-refractivity contribution in [2.24, 2.45) is 5.73 Å². The van der Waals surface area contributed by atoms with E-state index < -0.39 is 0 Å². The third kappa shape index (κ3) is 4.21. The summed E-state index contributed by atoms with van der Waals surface area (Å²) in [5.74, 6) is -0.0710. The molecule has 7 heteroatoms. The molecular weight excluding hydrogens is 282 g/mol. The maximum absolute atomic E-state index is 11.5. The molecule has 0 saturated heterocycles. The van der Waals surface area contributed by atoms with Crippen LogP contribution in [0.15, 0.2) is 18.2 Å². The number of H-pyrrole nitrogens is 1. The molecule has 7 nitrogen and oxygen atoms in total. The number of fused-ring (bicyclic) bond motifs is 1. The van der Waals surface area contributed by atoms with E-state index in [-0.39, 0.29) is 11.9 Å². The Labute approximate surface area is 130 Å². The summed E-state index contributed by atoms with van der Waals surface area (Å²) in [6, 6.07) is 5.32. The normalized spacial score (nSPS) is 9.82. The lowest BCUT2D eigenvalue weighted by Crippen LogP contribution is -2.27. The van der Waals surface area contributed by atoms with Crippen molar-refractivity contribution in [3.05, 3.63) is 29.6 Å². The minimum Gasteiger partial charge on any atom is -0.450 e. The summed E-state index contributed by atoms with van der Waals surface area (Å²) in [5.41, 5.74) is 8.22. The lowest BCUT2D eigenvalue weighted by molar-refractivity contribution is 0.114. The lowest BCUT2D eigenvalue weighted by Gasteiger charge is -2.15. The number of nitrogens with one attached hydrogen (secondary N) is 2. The summed E-state index contributed by atoms with van der Waals surface area (Å²) < 4.78 is 4.91. The van der Waals surface area contributed by atoms with Gasteiger partial charge in [0.2, 0.25) is 0 Å². The van der Waals surface area contributed by atoms with Gasteiger partial charge in [-0.25, -0.2) is 9.78 Å². The van der Waals surface area contributed by atoms with Gasteiger partial charge in [-0.3, -0.25) is 5.41 Å². The van der Waals surface area contributed by atoms with Gasteiger partial charge < -0.3 is 20.4 Å². The van der Waals surface area contributed by atoms with Crippen LogP contribution in [-0.2, 0) is 11.3 Å². The number of ether oxygens (including phenoxy) is 1. The van der Waals surface area contributed by atoms with Gasteiger partial charge in [0.1, 0.15) is 11.5 Å². The number of pyridine rings is 1. The van der Waals surface area contributed by atoms with E-state index in [2.05, 4.69) is 9.97 Å². The number of hydrogen-bond donors (Lipinski definition) is 3. The van der Waals surface area contributed by atoms with Gasteiger partial charge in [-0.15, -0.1) is 0 Å². The first kappa shape index (κ1) is 17.5. The summed E-state index contributed by atoms with van der Waals surface area (Å²) in [6.07, 6.45) is -0.372. The highest BCUT2D eigenvalue weighted by Crippen LogP contribution is 2.15. The second kappa shape index (κ2) is 8.02. The summed E-state index contributed by atoms with van der Waals surface area (Å²) >= 11 is 0. The molecule has 22 heavy (non-hydrogen) atoms. The average molecular weight is 305 g/mol. The molecule has 0 radical (unpaired) electrons. The zero-order valence-corrected chi connectivity index (χ0v) is 13.4. The minimum atomic E-state index is -0.372. The largest absolute Gasteiger partial charge is 0.450 e. The molecule has 0 saturated carbocycles. The number of rotatable bonds is 4. The molecule has 0 aliphatic rings. The monoisotopic (exact) mass is 305 g/mol. The Morgan fingerprint density at radius 1 is 1.45 bits per heavy atom. The molecule has 0 aliphatic carbocycles. The molecule has 1 amide bonds. The third-order valence-corrected chi connectivity index (χ3v) is 2.79. The molecule has 4 N–H and O–H groups in total. The number of aromatic nitrogens is 2. The molecule has 0 fully saturated rings. The first-order valence-corrected chi connectivity index (χ1v) is 7.22. The Morgan fingerprint density at radius 2 is 2.14 bits per heavy atom. The van der Waals surface area contributed by atoms with E-state index in [1.807, 2.05) is 26.0 Å². The van der Waals surface area contributed by atoms with Gasteiger partial charge >= 0.3 is 6.09 Å². The fourth-order valence-corrected chi connectivity index (χ4v) is 1.85. The Bertz CT molecular complexity index is 650. The standard InChI is InChI=1S/C13H17N5O2.C2H6/c1-3-20-13(19)18(2)7-8-6-11-9(16-8)4-5-10(17-11)12(14)15;1-2/h4-6,16H,3,7H2,1-2H3,(H3,14,15);1-2H3. The number of aromatic amines is 1. The van der Waals surface area contributed by atoms with Crippen molar-refractivity contribution in [1.82, 2.24) is 14.9 Å². The zero-order chi connectivity index (χ0) is 16.7. The zero-order valence-electron chi connectivity index (χ0n) is 13.4. The van der Waals surface area contributed by atoms with Gasteiger partial charge in [0.15, 0.2) is 0 Å². The van der Waals surface area contributed by atoms with Crippen LogP contribution in [-0.4, -0.2) is 40.5 Å². The Balaban J connectivity index is 0.00000116.